The minimum Gasteiger partial charge on any atom is -0.494 e. The molecular formula is C26H20FNO5. The fourth-order valence-electron chi connectivity index (χ4n) is 3.88. The molecule has 0 radical (unpaired) electrons. The molecule has 0 spiro atoms. The lowest BCUT2D eigenvalue weighted by atomic mass is 10.0. The first-order valence-corrected chi connectivity index (χ1v) is 10.5. The van der Waals surface area contributed by atoms with Crippen LogP contribution in [0.5, 0.6) is 17.2 Å². The number of hydrogen-bond acceptors (Lipinski definition) is 5. The van der Waals surface area contributed by atoms with Gasteiger partial charge in [-0.1, -0.05) is 12.1 Å². The number of halogens is 1. The maximum absolute atomic E-state index is 13.4. The third-order valence-electron chi connectivity index (χ3n) is 5.51. The summed E-state index contributed by atoms with van der Waals surface area (Å²) in [6.45, 7) is 2.79. The second kappa shape index (κ2) is 8.43. The van der Waals surface area contributed by atoms with Gasteiger partial charge in [0.15, 0.2) is 17.3 Å². The minimum atomic E-state index is -0.393. The Kier molecular flexibility index (Phi) is 5.30. The summed E-state index contributed by atoms with van der Waals surface area (Å²) >= 11 is 0. The zero-order valence-corrected chi connectivity index (χ0v) is 17.8. The number of benzene rings is 3. The molecule has 1 aromatic heterocycles. The lowest BCUT2D eigenvalue weighted by Gasteiger charge is -2.14. The van der Waals surface area contributed by atoms with Crippen molar-refractivity contribution in [3.63, 3.8) is 0 Å². The number of rotatable bonds is 6. The van der Waals surface area contributed by atoms with Gasteiger partial charge in [-0.25, -0.2) is 4.39 Å². The van der Waals surface area contributed by atoms with Gasteiger partial charge >= 0.3 is 0 Å². The van der Waals surface area contributed by atoms with Gasteiger partial charge < -0.3 is 18.8 Å². The van der Waals surface area contributed by atoms with Crippen molar-refractivity contribution >= 4 is 16.7 Å². The van der Waals surface area contributed by atoms with Crippen LogP contribution in [0, 0.1) is 5.82 Å². The highest BCUT2D eigenvalue weighted by molar-refractivity contribution is 6.10. The molecule has 0 fully saturated rings. The SMILES string of the molecule is CCOc1ccc(C(=O)c2cn(Cc3ccc(F)cc3)c3cc4c(cc3c2=O)OCO4)cc1. The Morgan fingerprint density at radius 2 is 1.73 bits per heavy atom. The lowest BCUT2D eigenvalue weighted by molar-refractivity contribution is 0.103. The molecular weight excluding hydrogens is 425 g/mol. The molecule has 1 aliphatic rings. The number of hydrogen-bond donors (Lipinski definition) is 0. The van der Waals surface area contributed by atoms with E-state index < -0.39 is 11.2 Å². The standard InChI is InChI=1S/C26H20FNO5/c1-2-31-19-9-5-17(6-10-19)25(29)21-14-28(13-16-3-7-18(27)8-4-16)22-12-24-23(32-15-33-24)11-20(22)26(21)30/h3-12,14H,2,13,15H2,1H3. The summed E-state index contributed by atoms with van der Waals surface area (Å²) in [5, 5.41) is 0.346. The van der Waals surface area contributed by atoms with E-state index in [9.17, 15) is 14.0 Å². The van der Waals surface area contributed by atoms with Crippen molar-refractivity contribution in [2.45, 2.75) is 13.5 Å². The predicted molar refractivity (Wildman–Crippen MR) is 121 cm³/mol. The fraction of sp³-hybridized carbons (Fsp3) is 0.154. The van der Waals surface area contributed by atoms with Gasteiger partial charge in [0.1, 0.15) is 11.6 Å². The summed E-state index contributed by atoms with van der Waals surface area (Å²) in [5.41, 5.74) is 1.43. The summed E-state index contributed by atoms with van der Waals surface area (Å²) in [6, 6.07) is 16.1. The van der Waals surface area contributed by atoms with Gasteiger partial charge in [-0.3, -0.25) is 9.59 Å². The van der Waals surface area contributed by atoms with Crippen LogP contribution in [0.2, 0.25) is 0 Å². The first-order valence-electron chi connectivity index (χ1n) is 10.5. The van der Waals surface area contributed by atoms with Crippen molar-refractivity contribution in [2.75, 3.05) is 13.4 Å². The van der Waals surface area contributed by atoms with Gasteiger partial charge in [0.25, 0.3) is 0 Å². The van der Waals surface area contributed by atoms with Crippen LogP contribution in [-0.4, -0.2) is 23.8 Å². The number of ketones is 1. The van der Waals surface area contributed by atoms with Gasteiger partial charge in [0, 0.05) is 24.4 Å². The Morgan fingerprint density at radius 3 is 2.42 bits per heavy atom. The molecule has 2 heterocycles. The zero-order chi connectivity index (χ0) is 22.9. The number of carbonyl (C=O) groups excluding carboxylic acids is 1. The van der Waals surface area contributed by atoms with E-state index >= 15 is 0 Å². The third kappa shape index (κ3) is 3.93. The normalized spacial score (nSPS) is 12.2. The molecule has 3 aromatic carbocycles. The molecule has 1 aliphatic heterocycles. The van der Waals surface area contributed by atoms with Gasteiger partial charge in [-0.15, -0.1) is 0 Å². The third-order valence-corrected chi connectivity index (χ3v) is 5.51. The van der Waals surface area contributed by atoms with Crippen molar-refractivity contribution in [3.05, 3.63) is 99.6 Å². The second-order valence-corrected chi connectivity index (χ2v) is 7.64. The predicted octanol–water partition coefficient (Wildman–Crippen LogP) is 4.55. The molecule has 0 unspecified atom stereocenters. The molecule has 0 saturated carbocycles. The molecule has 5 rings (SSSR count). The Morgan fingerprint density at radius 1 is 1.03 bits per heavy atom. The molecule has 0 amide bonds. The van der Waals surface area contributed by atoms with Crippen LogP contribution < -0.4 is 19.6 Å². The molecule has 0 N–H and O–H groups in total. The smallest absolute Gasteiger partial charge is 0.231 e. The van der Waals surface area contributed by atoms with E-state index in [4.69, 9.17) is 14.2 Å². The summed E-state index contributed by atoms with van der Waals surface area (Å²) in [6.07, 6.45) is 1.55. The molecule has 166 valence electrons. The van der Waals surface area contributed by atoms with E-state index in [0.717, 1.165) is 5.56 Å². The van der Waals surface area contributed by atoms with Crippen LogP contribution in [0.3, 0.4) is 0 Å². The van der Waals surface area contributed by atoms with Crippen LogP contribution in [0.1, 0.15) is 28.4 Å². The number of fused-ring (bicyclic) bond motifs is 2. The Hall–Kier alpha value is -4.13. The highest BCUT2D eigenvalue weighted by Gasteiger charge is 2.22. The topological polar surface area (TPSA) is 66.8 Å². The Bertz CT molecular complexity index is 1410. The highest BCUT2D eigenvalue weighted by atomic mass is 19.1. The van der Waals surface area contributed by atoms with E-state index in [1.165, 1.54) is 12.1 Å². The molecule has 4 aromatic rings. The first kappa shape index (κ1) is 20.8. The minimum absolute atomic E-state index is 0.0348. The molecule has 0 aliphatic carbocycles. The molecule has 0 bridgehead atoms. The molecule has 33 heavy (non-hydrogen) atoms. The fourth-order valence-corrected chi connectivity index (χ4v) is 3.88. The van der Waals surface area contributed by atoms with Gasteiger partial charge in [-0.2, -0.15) is 0 Å². The summed E-state index contributed by atoms with van der Waals surface area (Å²) in [5.74, 6) is 0.904. The number of pyridine rings is 1. The average molecular weight is 445 g/mol. The monoisotopic (exact) mass is 445 g/mol. The molecule has 0 atom stereocenters. The largest absolute Gasteiger partial charge is 0.494 e. The number of carbonyl (C=O) groups is 1. The Labute approximate surface area is 188 Å². The number of aromatic nitrogens is 1. The number of ether oxygens (including phenoxy) is 3. The quantitative estimate of drug-likeness (QED) is 0.408. The second-order valence-electron chi connectivity index (χ2n) is 7.64. The zero-order valence-electron chi connectivity index (χ0n) is 17.8. The van der Waals surface area contributed by atoms with Gasteiger partial charge in [-0.05, 0) is 55.0 Å². The van der Waals surface area contributed by atoms with E-state index in [2.05, 4.69) is 0 Å². The Balaban J connectivity index is 1.64. The molecule has 0 saturated heterocycles. The summed E-state index contributed by atoms with van der Waals surface area (Å²) < 4.78 is 31.5. The van der Waals surface area contributed by atoms with E-state index in [-0.39, 0.29) is 18.2 Å². The lowest BCUT2D eigenvalue weighted by Crippen LogP contribution is -2.20. The average Bonchev–Trinajstić information content (AvgIpc) is 3.29. The van der Waals surface area contributed by atoms with Gasteiger partial charge in [0.05, 0.1) is 23.1 Å². The molecule has 6 nitrogen and oxygen atoms in total. The van der Waals surface area contributed by atoms with Crippen LogP contribution in [-0.2, 0) is 6.54 Å². The van der Waals surface area contributed by atoms with Crippen molar-refractivity contribution in [2.24, 2.45) is 0 Å². The number of nitrogens with zero attached hydrogens (tertiary/aromatic N) is 1. The van der Waals surface area contributed by atoms with Crippen molar-refractivity contribution in [3.8, 4) is 17.2 Å². The first-order chi connectivity index (χ1) is 16.0. The maximum atomic E-state index is 13.4. The van der Waals surface area contributed by atoms with E-state index in [0.29, 0.717) is 46.9 Å². The highest BCUT2D eigenvalue weighted by Crippen LogP contribution is 2.35. The molecule has 7 heteroatoms. The summed E-state index contributed by atoms with van der Waals surface area (Å²) in [4.78, 5) is 26.7. The maximum Gasteiger partial charge on any atom is 0.231 e. The van der Waals surface area contributed by atoms with Crippen molar-refractivity contribution in [1.29, 1.82) is 0 Å². The van der Waals surface area contributed by atoms with E-state index in [1.807, 2.05) is 6.92 Å². The van der Waals surface area contributed by atoms with Crippen molar-refractivity contribution in [1.82, 2.24) is 4.57 Å². The van der Waals surface area contributed by atoms with Crippen LogP contribution in [0.4, 0.5) is 4.39 Å². The van der Waals surface area contributed by atoms with E-state index in [1.54, 1.807) is 59.3 Å². The van der Waals surface area contributed by atoms with Gasteiger partial charge in [0.2, 0.25) is 12.2 Å². The van der Waals surface area contributed by atoms with Crippen LogP contribution in [0.15, 0.2) is 71.7 Å². The van der Waals surface area contributed by atoms with Crippen molar-refractivity contribution < 1.29 is 23.4 Å². The van der Waals surface area contributed by atoms with Crippen LogP contribution in [0.25, 0.3) is 10.9 Å². The summed E-state index contributed by atoms with van der Waals surface area (Å²) in [7, 11) is 0. The van der Waals surface area contributed by atoms with Crippen LogP contribution >= 0.6 is 0 Å².